The second kappa shape index (κ2) is 6.32. The fourth-order valence-electron chi connectivity index (χ4n) is 2.64. The number of hydrogen-bond acceptors (Lipinski definition) is 8. The number of carbonyl (C=O) groups excluding carboxylic acids is 1. The van der Waals surface area contributed by atoms with Crippen LogP contribution in [0, 0.1) is 0 Å². The molecule has 1 aromatic carbocycles. The summed E-state index contributed by atoms with van der Waals surface area (Å²) in [4.78, 5) is 28.6. The van der Waals surface area contributed by atoms with E-state index < -0.39 is 11.7 Å². The zero-order valence-electron chi connectivity index (χ0n) is 14.0. The van der Waals surface area contributed by atoms with Crippen LogP contribution in [-0.2, 0) is 4.74 Å². The third kappa shape index (κ3) is 2.66. The minimum Gasteiger partial charge on any atom is -0.462 e. The van der Waals surface area contributed by atoms with Crippen LogP contribution in [0.1, 0.15) is 17.3 Å². The minimum absolute atomic E-state index is 0.0370. The fraction of sp³-hybridized carbons (Fsp3) is 0.125. The van der Waals surface area contributed by atoms with Crippen LogP contribution in [-0.4, -0.2) is 41.9 Å². The molecule has 0 spiro atoms. The van der Waals surface area contributed by atoms with E-state index in [1.807, 2.05) is 0 Å². The lowest BCUT2D eigenvalue weighted by atomic mass is 10.3. The number of benzene rings is 1. The van der Waals surface area contributed by atoms with E-state index in [4.69, 9.17) is 22.1 Å². The molecule has 3 aromatic heterocycles. The van der Waals surface area contributed by atoms with E-state index in [1.165, 1.54) is 15.3 Å². The topological polar surface area (TPSA) is 130 Å². The van der Waals surface area contributed by atoms with Crippen molar-refractivity contribution in [3.63, 3.8) is 0 Å². The largest absolute Gasteiger partial charge is 0.462 e. The van der Waals surface area contributed by atoms with Gasteiger partial charge in [-0.3, -0.25) is 0 Å². The monoisotopic (exact) mass is 385 g/mol. The molecule has 11 heteroatoms. The fourth-order valence-corrected chi connectivity index (χ4v) is 2.77. The van der Waals surface area contributed by atoms with Crippen LogP contribution in [0.15, 0.2) is 35.3 Å². The summed E-state index contributed by atoms with van der Waals surface area (Å²) in [6.45, 7) is 1.89. The van der Waals surface area contributed by atoms with Gasteiger partial charge in [-0.1, -0.05) is 11.6 Å². The van der Waals surface area contributed by atoms with Gasteiger partial charge in [0.25, 0.3) is 0 Å². The average molecular weight is 386 g/mol. The number of ether oxygens (including phenoxy) is 1. The number of nitrogens with zero attached hydrogens (tertiary/aromatic N) is 6. The van der Waals surface area contributed by atoms with E-state index in [9.17, 15) is 9.59 Å². The minimum atomic E-state index is -0.634. The van der Waals surface area contributed by atoms with Gasteiger partial charge in [0.2, 0.25) is 0 Å². The SMILES string of the molecule is CCOC(=O)c1cnn2c1nnc1c(N)n(-c3ccc(Cl)cc3)c(=O)nc12. The molecule has 0 atom stereocenters. The van der Waals surface area contributed by atoms with Gasteiger partial charge < -0.3 is 10.5 Å². The highest BCUT2D eigenvalue weighted by Gasteiger charge is 2.20. The van der Waals surface area contributed by atoms with Crippen molar-refractivity contribution in [1.29, 1.82) is 0 Å². The number of esters is 1. The van der Waals surface area contributed by atoms with Gasteiger partial charge in [0.1, 0.15) is 11.4 Å². The molecule has 4 rings (SSSR count). The molecule has 10 nitrogen and oxygen atoms in total. The number of rotatable bonds is 3. The molecule has 0 saturated heterocycles. The predicted octanol–water partition coefficient (Wildman–Crippen LogP) is 1.24. The summed E-state index contributed by atoms with van der Waals surface area (Å²) >= 11 is 5.88. The number of hydrogen-bond donors (Lipinski definition) is 1. The number of anilines is 1. The van der Waals surface area contributed by atoms with E-state index in [0.29, 0.717) is 10.7 Å². The number of fused-ring (bicyclic) bond motifs is 3. The van der Waals surface area contributed by atoms with Crippen LogP contribution in [0.5, 0.6) is 0 Å². The maximum Gasteiger partial charge on any atom is 0.355 e. The molecule has 0 bridgehead atoms. The van der Waals surface area contributed by atoms with E-state index in [0.717, 1.165) is 0 Å². The van der Waals surface area contributed by atoms with E-state index in [1.54, 1.807) is 31.2 Å². The first-order valence-electron chi connectivity index (χ1n) is 7.87. The van der Waals surface area contributed by atoms with Gasteiger partial charge >= 0.3 is 11.7 Å². The van der Waals surface area contributed by atoms with Gasteiger partial charge in [-0.05, 0) is 31.2 Å². The Morgan fingerprint density at radius 3 is 2.67 bits per heavy atom. The van der Waals surface area contributed by atoms with Gasteiger partial charge in [0.05, 0.1) is 18.5 Å². The van der Waals surface area contributed by atoms with Crippen molar-refractivity contribution < 1.29 is 9.53 Å². The lowest BCUT2D eigenvalue weighted by Gasteiger charge is -2.10. The van der Waals surface area contributed by atoms with Crippen LogP contribution in [0.25, 0.3) is 22.5 Å². The van der Waals surface area contributed by atoms with Crippen molar-refractivity contribution in [3.8, 4) is 5.69 Å². The Morgan fingerprint density at radius 2 is 1.96 bits per heavy atom. The zero-order valence-corrected chi connectivity index (χ0v) is 14.7. The Hall–Kier alpha value is -3.53. The van der Waals surface area contributed by atoms with Crippen molar-refractivity contribution in [2.24, 2.45) is 0 Å². The highest BCUT2D eigenvalue weighted by molar-refractivity contribution is 6.30. The summed E-state index contributed by atoms with van der Waals surface area (Å²) in [6.07, 6.45) is 1.28. The highest BCUT2D eigenvalue weighted by Crippen LogP contribution is 2.21. The second-order valence-electron chi connectivity index (χ2n) is 5.48. The first kappa shape index (κ1) is 16.9. The standard InChI is InChI=1S/C16H12ClN7O3/c1-2-27-15(25)10-7-19-24-13(10)22-21-11-12(18)23(16(26)20-14(11)24)9-5-3-8(17)4-6-9/h3-7H,2,18H2,1H3. The van der Waals surface area contributed by atoms with Crippen LogP contribution in [0.2, 0.25) is 5.02 Å². The molecule has 0 unspecified atom stereocenters. The third-order valence-corrected chi connectivity index (χ3v) is 4.11. The molecule has 0 aliphatic heterocycles. The molecule has 3 heterocycles. The quantitative estimate of drug-likeness (QED) is 0.521. The normalized spacial score (nSPS) is 11.2. The molecule has 0 amide bonds. The summed E-state index contributed by atoms with van der Waals surface area (Å²) in [6, 6.07) is 6.51. The van der Waals surface area contributed by atoms with Crippen molar-refractivity contribution >= 4 is 40.2 Å². The lowest BCUT2D eigenvalue weighted by molar-refractivity contribution is 0.0528. The van der Waals surface area contributed by atoms with Gasteiger partial charge in [-0.2, -0.15) is 14.6 Å². The lowest BCUT2D eigenvalue weighted by Crippen LogP contribution is -2.25. The molecular weight excluding hydrogens is 374 g/mol. The molecule has 136 valence electrons. The van der Waals surface area contributed by atoms with E-state index >= 15 is 0 Å². The summed E-state index contributed by atoms with van der Waals surface area (Å²) in [5.41, 5.74) is 6.48. The smallest absolute Gasteiger partial charge is 0.355 e. The molecule has 27 heavy (non-hydrogen) atoms. The van der Waals surface area contributed by atoms with E-state index in [-0.39, 0.29) is 34.8 Å². The average Bonchev–Trinajstić information content (AvgIpc) is 3.08. The Bertz CT molecular complexity index is 1250. The Kier molecular flexibility index (Phi) is 3.96. The Labute approximate surface area is 156 Å². The van der Waals surface area contributed by atoms with Gasteiger partial charge in [-0.25, -0.2) is 14.2 Å². The Morgan fingerprint density at radius 1 is 1.22 bits per heavy atom. The number of carbonyl (C=O) groups is 1. The summed E-state index contributed by atoms with van der Waals surface area (Å²) < 4.78 is 7.38. The van der Waals surface area contributed by atoms with Crippen LogP contribution >= 0.6 is 11.6 Å². The molecule has 4 aromatic rings. The third-order valence-electron chi connectivity index (χ3n) is 3.86. The number of nitrogen functional groups attached to an aromatic ring is 1. The molecular formula is C16H12ClN7O3. The van der Waals surface area contributed by atoms with Crippen molar-refractivity contribution in [2.45, 2.75) is 6.92 Å². The number of aromatic nitrogens is 6. The maximum atomic E-state index is 12.6. The molecule has 2 N–H and O–H groups in total. The van der Waals surface area contributed by atoms with E-state index in [2.05, 4.69) is 20.3 Å². The first-order chi connectivity index (χ1) is 13.0. The molecule has 0 fully saturated rings. The van der Waals surface area contributed by atoms with Gasteiger partial charge in [-0.15, -0.1) is 10.2 Å². The van der Waals surface area contributed by atoms with Gasteiger partial charge in [0, 0.05) is 5.02 Å². The van der Waals surface area contributed by atoms with Crippen molar-refractivity contribution in [1.82, 2.24) is 29.4 Å². The van der Waals surface area contributed by atoms with Crippen LogP contribution in [0.3, 0.4) is 0 Å². The zero-order chi connectivity index (χ0) is 19.1. The van der Waals surface area contributed by atoms with Crippen LogP contribution in [0.4, 0.5) is 5.82 Å². The molecule has 0 aliphatic rings. The predicted molar refractivity (Wildman–Crippen MR) is 97.1 cm³/mol. The summed E-state index contributed by atoms with van der Waals surface area (Å²) in [5.74, 6) is -0.557. The summed E-state index contributed by atoms with van der Waals surface area (Å²) in [7, 11) is 0. The molecule has 0 aliphatic carbocycles. The highest BCUT2D eigenvalue weighted by atomic mass is 35.5. The van der Waals surface area contributed by atoms with Crippen LogP contribution < -0.4 is 11.4 Å². The number of nitrogens with two attached hydrogens (primary N) is 1. The summed E-state index contributed by atoms with van der Waals surface area (Å²) in [5, 5.41) is 12.6. The Balaban J connectivity index is 1.97. The van der Waals surface area contributed by atoms with Gasteiger partial charge in [0.15, 0.2) is 16.8 Å². The molecule has 0 saturated carbocycles. The number of halogens is 1. The molecule has 0 radical (unpaired) electrons. The maximum absolute atomic E-state index is 12.6. The first-order valence-corrected chi connectivity index (χ1v) is 8.24. The second-order valence-corrected chi connectivity index (χ2v) is 5.91. The van der Waals surface area contributed by atoms with Crippen molar-refractivity contribution in [3.05, 3.63) is 51.5 Å². The van der Waals surface area contributed by atoms with Crippen molar-refractivity contribution in [2.75, 3.05) is 12.3 Å².